The van der Waals surface area contributed by atoms with E-state index in [1.165, 1.54) is 0 Å². The second-order valence-corrected chi connectivity index (χ2v) is 13.6. The monoisotopic (exact) mass is 578 g/mol. The van der Waals surface area contributed by atoms with Crippen LogP contribution in [0.1, 0.15) is 41.5 Å². The third kappa shape index (κ3) is 10.9. The lowest BCUT2D eigenvalue weighted by Crippen LogP contribution is -2.23. The van der Waals surface area contributed by atoms with Crippen LogP contribution < -0.4 is 18.4 Å². The van der Waals surface area contributed by atoms with E-state index in [1.807, 2.05) is 133 Å². The van der Waals surface area contributed by atoms with Crippen molar-refractivity contribution < 1.29 is 27.1 Å². The van der Waals surface area contributed by atoms with Crippen LogP contribution >= 0.6 is 24.7 Å². The Bertz CT molecular complexity index is 1110. The maximum Gasteiger partial charge on any atom is 0.660 e. The molecular weight excluding hydrogens is 541 g/mol. The summed E-state index contributed by atoms with van der Waals surface area (Å²) in [6.45, 7) is 11.6. The molecule has 3 aromatic carbocycles. The molecule has 1 N–H and O–H groups in total. The molecule has 0 bridgehead atoms. The van der Waals surface area contributed by atoms with Crippen LogP contribution in [0.15, 0.2) is 95.5 Å². The summed E-state index contributed by atoms with van der Waals surface area (Å²) in [4.78, 5) is 3.39. The molecule has 3 unspecified atom stereocenters. The fourth-order valence-electron chi connectivity index (χ4n) is 2.88. The predicted molar refractivity (Wildman–Crippen MR) is 156 cm³/mol. The van der Waals surface area contributed by atoms with Gasteiger partial charge >= 0.3 is 24.7 Å². The molecule has 0 radical (unpaired) electrons. The Balaban J connectivity index is 2.08. The minimum absolute atomic E-state index is 0.135. The van der Waals surface area contributed by atoms with Gasteiger partial charge in [-0.3, -0.25) is 4.52 Å². The molecule has 0 fully saturated rings. The van der Waals surface area contributed by atoms with E-state index in [0.717, 1.165) is 0 Å². The van der Waals surface area contributed by atoms with Crippen LogP contribution in [0.2, 0.25) is 0 Å². The second-order valence-electron chi connectivity index (χ2n) is 8.88. The molecule has 11 heteroatoms. The Labute approximate surface area is 229 Å². The molecule has 0 aromatic heterocycles. The molecule has 38 heavy (non-hydrogen) atoms. The van der Waals surface area contributed by atoms with Crippen molar-refractivity contribution in [3.05, 3.63) is 91.0 Å². The molecule has 0 spiro atoms. The molecule has 0 saturated heterocycles. The van der Waals surface area contributed by atoms with Gasteiger partial charge in [-0.1, -0.05) is 54.6 Å². The predicted octanol–water partition coefficient (Wildman–Crippen LogP) is 9.49. The molecule has 204 valence electrons. The first-order valence-electron chi connectivity index (χ1n) is 12.5. The van der Waals surface area contributed by atoms with E-state index in [2.05, 4.69) is 4.86 Å². The maximum absolute atomic E-state index is 6.54. The number of para-hydroxylation sites is 3. The van der Waals surface area contributed by atoms with Gasteiger partial charge in [0.1, 0.15) is 18.0 Å². The average Bonchev–Trinajstić information content (AvgIpc) is 2.84. The normalized spacial score (nSPS) is 14.4. The molecule has 3 atom stereocenters. The maximum atomic E-state index is 6.54. The van der Waals surface area contributed by atoms with E-state index in [0.29, 0.717) is 17.2 Å². The standard InChI is InChI=1S/C27H37N2O6P3/c1-22(2)30-36(32-25-16-10-7-11-17-25)28-38(34-24(5)6,35-27-20-14-9-15-21-27)29-37(31-23(3)4)33-26-18-12-8-13-19-26/h7-24,28H,1-6H3/q+2. The first-order chi connectivity index (χ1) is 18.2. The molecule has 0 aliphatic carbocycles. The Morgan fingerprint density at radius 1 is 0.684 bits per heavy atom. The van der Waals surface area contributed by atoms with Gasteiger partial charge in [0.05, 0.1) is 6.10 Å². The van der Waals surface area contributed by atoms with E-state index < -0.39 is 24.7 Å². The zero-order chi connectivity index (χ0) is 27.4. The Morgan fingerprint density at radius 2 is 1.21 bits per heavy atom. The molecule has 0 saturated carbocycles. The van der Waals surface area contributed by atoms with E-state index >= 15 is 0 Å². The van der Waals surface area contributed by atoms with Crippen LogP contribution in [0.5, 0.6) is 17.2 Å². The van der Waals surface area contributed by atoms with Crippen molar-refractivity contribution in [3.63, 3.8) is 0 Å². The summed E-state index contributed by atoms with van der Waals surface area (Å²) in [6.07, 6.45) is -0.534. The summed E-state index contributed by atoms with van der Waals surface area (Å²) in [6, 6.07) is 28.3. The molecular formula is C27H37N2O6P3+2. The van der Waals surface area contributed by atoms with Crippen LogP contribution in [-0.4, -0.2) is 18.3 Å². The highest BCUT2D eigenvalue weighted by atomic mass is 31.3. The van der Waals surface area contributed by atoms with Crippen molar-refractivity contribution >= 4 is 24.7 Å². The van der Waals surface area contributed by atoms with Crippen LogP contribution in [0, 0.1) is 0 Å². The summed E-state index contributed by atoms with van der Waals surface area (Å²) in [7, 11) is -6.93. The molecule has 0 amide bonds. The molecule has 0 heterocycles. The smallest absolute Gasteiger partial charge is 0.434 e. The molecule has 3 rings (SSSR count). The SMILES string of the molecule is CC(C)OP(N[P+](N=[P+](Oc1ccccc1)OC(C)C)(Oc1ccccc1)OC(C)C)Oc1ccccc1. The van der Waals surface area contributed by atoms with E-state index in [1.54, 1.807) is 0 Å². The first-order valence-corrected chi connectivity index (χ1v) is 16.3. The Hall–Kier alpha value is -2.14. The van der Waals surface area contributed by atoms with E-state index in [-0.39, 0.29) is 18.3 Å². The van der Waals surface area contributed by atoms with Gasteiger partial charge in [0.25, 0.3) is 0 Å². The highest BCUT2D eigenvalue weighted by Gasteiger charge is 2.58. The summed E-state index contributed by atoms with van der Waals surface area (Å²) >= 11 is 0. The van der Waals surface area contributed by atoms with Gasteiger partial charge in [-0.25, -0.2) is 4.52 Å². The zero-order valence-electron chi connectivity index (χ0n) is 22.6. The van der Waals surface area contributed by atoms with Gasteiger partial charge in [0.15, 0.2) is 11.5 Å². The fraction of sp³-hybridized carbons (Fsp3) is 0.333. The van der Waals surface area contributed by atoms with Crippen LogP contribution in [-0.2, 0) is 13.6 Å². The van der Waals surface area contributed by atoms with Crippen LogP contribution in [0.25, 0.3) is 0 Å². The Morgan fingerprint density at radius 3 is 1.71 bits per heavy atom. The van der Waals surface area contributed by atoms with Crippen molar-refractivity contribution in [1.29, 1.82) is 0 Å². The third-order valence-corrected chi connectivity index (χ3v) is 10.5. The minimum atomic E-state index is -3.34. The summed E-state index contributed by atoms with van der Waals surface area (Å²) in [5.41, 5.74) is 0. The van der Waals surface area contributed by atoms with Crippen molar-refractivity contribution in [2.45, 2.75) is 59.9 Å². The van der Waals surface area contributed by atoms with Crippen molar-refractivity contribution in [3.8, 4) is 17.2 Å². The molecule has 3 aromatic rings. The summed E-state index contributed by atoms with van der Waals surface area (Å²) in [5.74, 6) is 1.86. The van der Waals surface area contributed by atoms with Gasteiger partial charge in [-0.15, -0.1) is 4.52 Å². The lowest BCUT2D eigenvalue weighted by molar-refractivity contribution is 0.217. The summed E-state index contributed by atoms with van der Waals surface area (Å²) in [5, 5.41) is 0. The Kier molecular flexibility index (Phi) is 12.4. The lowest BCUT2D eigenvalue weighted by atomic mass is 10.3. The van der Waals surface area contributed by atoms with Crippen molar-refractivity contribution in [2.24, 2.45) is 4.52 Å². The highest BCUT2D eigenvalue weighted by molar-refractivity contribution is 7.75. The number of nitrogens with zero attached hydrogens (tertiary/aromatic N) is 1. The van der Waals surface area contributed by atoms with Gasteiger partial charge in [0, 0.05) is 0 Å². The van der Waals surface area contributed by atoms with E-state index in [4.69, 9.17) is 31.7 Å². The number of hydrogen-bond acceptors (Lipinski definition) is 8. The van der Waals surface area contributed by atoms with Gasteiger partial charge in [-0.05, 0) is 82.8 Å². The number of rotatable bonds is 15. The fourth-order valence-corrected chi connectivity index (χ4v) is 8.80. The van der Waals surface area contributed by atoms with Gasteiger partial charge < -0.3 is 9.05 Å². The van der Waals surface area contributed by atoms with Crippen molar-refractivity contribution in [2.75, 3.05) is 0 Å². The number of nitrogens with one attached hydrogen (secondary N) is 1. The molecule has 0 aliphatic heterocycles. The van der Waals surface area contributed by atoms with Gasteiger partial charge in [-0.2, -0.15) is 4.52 Å². The van der Waals surface area contributed by atoms with Gasteiger partial charge in [0.2, 0.25) is 4.52 Å². The third-order valence-electron chi connectivity index (χ3n) is 4.19. The summed E-state index contributed by atoms with van der Waals surface area (Å²) < 4.78 is 42.8. The number of benzene rings is 3. The lowest BCUT2D eigenvalue weighted by Gasteiger charge is -2.23. The highest BCUT2D eigenvalue weighted by Crippen LogP contribution is 2.68. The van der Waals surface area contributed by atoms with E-state index in [9.17, 15) is 0 Å². The first kappa shape index (κ1) is 30.4. The largest absolute Gasteiger partial charge is 0.660 e. The quantitative estimate of drug-likeness (QED) is 0.180. The number of hydrogen-bond donors (Lipinski definition) is 1. The topological polar surface area (TPSA) is 79.8 Å². The molecule has 8 nitrogen and oxygen atoms in total. The zero-order valence-corrected chi connectivity index (χ0v) is 25.3. The molecule has 0 aliphatic rings. The second kappa shape index (κ2) is 15.5. The van der Waals surface area contributed by atoms with Crippen LogP contribution in [0.4, 0.5) is 0 Å². The van der Waals surface area contributed by atoms with Crippen LogP contribution in [0.3, 0.4) is 0 Å². The average molecular weight is 579 g/mol. The van der Waals surface area contributed by atoms with Crippen molar-refractivity contribution in [1.82, 2.24) is 4.86 Å². The minimum Gasteiger partial charge on any atom is -0.434 e.